The number of hydrogen-bond donors (Lipinski definition) is 1. The van der Waals surface area contributed by atoms with Crippen molar-refractivity contribution in [2.75, 3.05) is 31.2 Å². The van der Waals surface area contributed by atoms with E-state index in [0.717, 1.165) is 32.2 Å². The van der Waals surface area contributed by atoms with E-state index in [0.29, 0.717) is 5.92 Å². The Bertz CT molecular complexity index is 421. The maximum Gasteiger partial charge on any atom is 0.0621 e. The van der Waals surface area contributed by atoms with Gasteiger partial charge in [0.2, 0.25) is 0 Å². The first kappa shape index (κ1) is 12.0. The number of ether oxygens (including phenoxy) is 1. The number of nitrogens with zero attached hydrogens (tertiary/aromatic N) is 1. The fourth-order valence-corrected chi connectivity index (χ4v) is 3.17. The molecule has 2 aliphatic rings. The van der Waals surface area contributed by atoms with Crippen molar-refractivity contribution in [3.05, 3.63) is 29.8 Å². The van der Waals surface area contributed by atoms with Gasteiger partial charge >= 0.3 is 0 Å². The molecule has 3 nitrogen and oxygen atoms in total. The first-order valence-corrected chi connectivity index (χ1v) is 6.90. The van der Waals surface area contributed by atoms with Crippen LogP contribution >= 0.6 is 0 Å². The Morgan fingerprint density at radius 2 is 2.17 bits per heavy atom. The van der Waals surface area contributed by atoms with Gasteiger partial charge in [-0.3, -0.25) is 0 Å². The summed E-state index contributed by atoms with van der Waals surface area (Å²) < 4.78 is 5.47. The molecule has 0 saturated carbocycles. The van der Waals surface area contributed by atoms with Gasteiger partial charge < -0.3 is 15.4 Å². The molecule has 0 radical (unpaired) electrons. The van der Waals surface area contributed by atoms with E-state index in [-0.39, 0.29) is 6.04 Å². The highest BCUT2D eigenvalue weighted by Crippen LogP contribution is 2.30. The number of rotatable bonds is 2. The monoisotopic (exact) mass is 246 g/mol. The van der Waals surface area contributed by atoms with Crippen LogP contribution in [-0.2, 0) is 11.2 Å². The Labute approximate surface area is 109 Å². The van der Waals surface area contributed by atoms with E-state index in [1.165, 1.54) is 17.7 Å². The summed E-state index contributed by atoms with van der Waals surface area (Å²) in [7, 11) is 0. The van der Waals surface area contributed by atoms with Crippen LogP contribution in [0.4, 0.5) is 5.69 Å². The summed E-state index contributed by atoms with van der Waals surface area (Å²) in [5, 5.41) is 0. The highest BCUT2D eigenvalue weighted by Gasteiger charge is 2.29. The summed E-state index contributed by atoms with van der Waals surface area (Å²) in [6.45, 7) is 6.03. The van der Waals surface area contributed by atoms with Gasteiger partial charge in [0.05, 0.1) is 13.2 Å². The molecule has 3 heteroatoms. The van der Waals surface area contributed by atoms with E-state index in [2.05, 4.69) is 36.1 Å². The first-order chi connectivity index (χ1) is 8.74. The minimum atomic E-state index is 0.203. The third kappa shape index (κ3) is 2.25. The van der Waals surface area contributed by atoms with E-state index in [9.17, 15) is 0 Å². The second-order valence-corrected chi connectivity index (χ2v) is 5.80. The smallest absolute Gasteiger partial charge is 0.0621 e. The van der Waals surface area contributed by atoms with Crippen LogP contribution in [0.1, 0.15) is 12.5 Å². The molecular weight excluding hydrogens is 224 g/mol. The van der Waals surface area contributed by atoms with Crippen LogP contribution in [0.2, 0.25) is 0 Å². The zero-order valence-electron chi connectivity index (χ0n) is 11.0. The molecule has 2 N–H and O–H groups in total. The molecule has 2 heterocycles. The molecule has 1 aromatic carbocycles. The largest absolute Gasteiger partial charge is 0.379 e. The van der Waals surface area contributed by atoms with Crippen LogP contribution in [0.5, 0.6) is 0 Å². The zero-order chi connectivity index (χ0) is 12.5. The molecule has 18 heavy (non-hydrogen) atoms. The summed E-state index contributed by atoms with van der Waals surface area (Å²) in [5.41, 5.74) is 8.97. The number of anilines is 1. The van der Waals surface area contributed by atoms with E-state index < -0.39 is 0 Å². The zero-order valence-corrected chi connectivity index (χ0v) is 11.0. The summed E-state index contributed by atoms with van der Waals surface area (Å²) in [5.74, 6) is 1.20. The molecule has 0 bridgehead atoms. The lowest BCUT2D eigenvalue weighted by molar-refractivity contribution is 0.184. The van der Waals surface area contributed by atoms with Gasteiger partial charge in [-0.15, -0.1) is 0 Å². The normalized spacial score (nSPS) is 31.4. The maximum atomic E-state index is 6.10. The molecule has 3 rings (SSSR count). The Hall–Kier alpha value is -1.06. The predicted molar refractivity (Wildman–Crippen MR) is 73.8 cm³/mol. The van der Waals surface area contributed by atoms with Crippen LogP contribution in [0.3, 0.4) is 0 Å². The summed E-state index contributed by atoms with van der Waals surface area (Å²) >= 11 is 0. The molecule has 3 atom stereocenters. The van der Waals surface area contributed by atoms with Gasteiger partial charge in [0.25, 0.3) is 0 Å². The van der Waals surface area contributed by atoms with Crippen molar-refractivity contribution < 1.29 is 4.74 Å². The molecule has 1 fully saturated rings. The van der Waals surface area contributed by atoms with Gasteiger partial charge in [-0.05, 0) is 24.0 Å². The van der Waals surface area contributed by atoms with Crippen molar-refractivity contribution in [3.63, 3.8) is 0 Å². The molecule has 0 amide bonds. The quantitative estimate of drug-likeness (QED) is 0.862. The number of para-hydroxylation sites is 1. The lowest BCUT2D eigenvalue weighted by atomic mass is 9.92. The summed E-state index contributed by atoms with van der Waals surface area (Å²) in [4.78, 5) is 2.50. The topological polar surface area (TPSA) is 38.5 Å². The number of hydrogen-bond acceptors (Lipinski definition) is 3. The third-order valence-corrected chi connectivity index (χ3v) is 4.14. The van der Waals surface area contributed by atoms with Gasteiger partial charge in [0, 0.05) is 30.7 Å². The number of benzene rings is 1. The highest BCUT2D eigenvalue weighted by molar-refractivity contribution is 5.55. The Morgan fingerprint density at radius 1 is 1.33 bits per heavy atom. The van der Waals surface area contributed by atoms with E-state index >= 15 is 0 Å². The molecule has 1 aromatic rings. The maximum absolute atomic E-state index is 6.10. The standard InChI is InChI=1S/C15H22N2O/c1-11-6-12-4-2-3-5-15(12)17(7-11)8-13-9-18-10-14(13)16/h2-5,11,13-14H,6-10,16H2,1H3. The fourth-order valence-electron chi connectivity index (χ4n) is 3.17. The van der Waals surface area contributed by atoms with Crippen LogP contribution in [-0.4, -0.2) is 32.3 Å². The second kappa shape index (κ2) is 4.90. The highest BCUT2D eigenvalue weighted by atomic mass is 16.5. The molecule has 0 aliphatic carbocycles. The van der Waals surface area contributed by atoms with Gasteiger partial charge in [0.15, 0.2) is 0 Å². The van der Waals surface area contributed by atoms with E-state index in [1.807, 2.05) is 0 Å². The van der Waals surface area contributed by atoms with Gasteiger partial charge in [-0.2, -0.15) is 0 Å². The van der Waals surface area contributed by atoms with Crippen LogP contribution in [0.15, 0.2) is 24.3 Å². The fraction of sp³-hybridized carbons (Fsp3) is 0.600. The molecular formula is C15H22N2O. The molecule has 3 unspecified atom stereocenters. The van der Waals surface area contributed by atoms with Crippen molar-refractivity contribution in [2.24, 2.45) is 17.6 Å². The molecule has 2 aliphatic heterocycles. The Morgan fingerprint density at radius 3 is 2.94 bits per heavy atom. The SMILES string of the molecule is CC1Cc2ccccc2N(CC2COCC2N)C1. The minimum absolute atomic E-state index is 0.203. The summed E-state index contributed by atoms with van der Waals surface area (Å²) in [6, 6.07) is 8.97. The molecule has 0 aromatic heterocycles. The average molecular weight is 246 g/mol. The lowest BCUT2D eigenvalue weighted by Gasteiger charge is -2.36. The lowest BCUT2D eigenvalue weighted by Crippen LogP contribution is -2.42. The minimum Gasteiger partial charge on any atom is -0.379 e. The molecule has 1 saturated heterocycles. The van der Waals surface area contributed by atoms with Crippen molar-refractivity contribution in [1.82, 2.24) is 0 Å². The van der Waals surface area contributed by atoms with Gasteiger partial charge in [-0.25, -0.2) is 0 Å². The van der Waals surface area contributed by atoms with Crippen LogP contribution < -0.4 is 10.6 Å². The van der Waals surface area contributed by atoms with Crippen molar-refractivity contribution in [2.45, 2.75) is 19.4 Å². The number of nitrogens with two attached hydrogens (primary N) is 1. The Kier molecular flexibility index (Phi) is 3.27. The van der Waals surface area contributed by atoms with Crippen LogP contribution in [0, 0.1) is 11.8 Å². The first-order valence-electron chi connectivity index (χ1n) is 6.90. The van der Waals surface area contributed by atoms with E-state index in [4.69, 9.17) is 10.5 Å². The van der Waals surface area contributed by atoms with E-state index in [1.54, 1.807) is 0 Å². The predicted octanol–water partition coefficient (Wildman–Crippen LogP) is 1.66. The van der Waals surface area contributed by atoms with Gasteiger partial charge in [0.1, 0.15) is 0 Å². The number of fused-ring (bicyclic) bond motifs is 1. The van der Waals surface area contributed by atoms with Crippen molar-refractivity contribution in [1.29, 1.82) is 0 Å². The summed E-state index contributed by atoms with van der Waals surface area (Å²) in [6.07, 6.45) is 1.19. The average Bonchev–Trinajstić information content (AvgIpc) is 2.75. The Balaban J connectivity index is 1.79. The van der Waals surface area contributed by atoms with Gasteiger partial charge in [-0.1, -0.05) is 25.1 Å². The third-order valence-electron chi connectivity index (χ3n) is 4.14. The molecule has 0 spiro atoms. The molecule has 98 valence electrons. The van der Waals surface area contributed by atoms with Crippen molar-refractivity contribution in [3.8, 4) is 0 Å². The van der Waals surface area contributed by atoms with Crippen molar-refractivity contribution >= 4 is 5.69 Å². The van der Waals surface area contributed by atoms with Crippen LogP contribution in [0.25, 0.3) is 0 Å². The second-order valence-electron chi connectivity index (χ2n) is 5.80.